The van der Waals surface area contributed by atoms with Crippen LogP contribution in [0.4, 0.5) is 10.5 Å². The summed E-state index contributed by atoms with van der Waals surface area (Å²) < 4.78 is 0. The van der Waals surface area contributed by atoms with Gasteiger partial charge < -0.3 is 16.0 Å². The molecule has 1 saturated heterocycles. The number of thiocarbonyl (C=S) groups is 1. The maximum Gasteiger partial charge on any atom is 0.322 e. The number of amides is 2. The van der Waals surface area contributed by atoms with E-state index in [4.69, 9.17) is 29.6 Å². The Kier molecular flexibility index (Phi) is 4.27. The van der Waals surface area contributed by atoms with Gasteiger partial charge in [0.15, 0.2) is 0 Å². The Bertz CT molecular complexity index is 521. The number of likely N-dealkylation sites (tertiary alicyclic amines) is 1. The molecular weight excluding hydrogens is 282 g/mol. The molecular formula is C13H16ClN3OS. The van der Waals surface area contributed by atoms with Crippen LogP contribution in [-0.2, 0) is 0 Å². The highest BCUT2D eigenvalue weighted by atomic mass is 35.5. The molecule has 0 radical (unpaired) electrons. The number of carbonyl (C=O) groups is 1. The minimum atomic E-state index is -0.185. The van der Waals surface area contributed by atoms with Gasteiger partial charge in [-0.3, -0.25) is 0 Å². The summed E-state index contributed by atoms with van der Waals surface area (Å²) in [5.74, 6) is 0. The lowest BCUT2D eigenvalue weighted by molar-refractivity contribution is 0.217. The van der Waals surface area contributed by atoms with E-state index in [1.807, 2.05) is 19.1 Å². The third-order valence-corrected chi connectivity index (χ3v) is 3.94. The Morgan fingerprint density at radius 3 is 2.95 bits per heavy atom. The summed E-state index contributed by atoms with van der Waals surface area (Å²) in [6, 6.07) is 5.10. The van der Waals surface area contributed by atoms with E-state index in [-0.39, 0.29) is 12.1 Å². The number of halogens is 1. The minimum Gasteiger partial charge on any atom is -0.392 e. The smallest absolute Gasteiger partial charge is 0.322 e. The molecule has 6 heteroatoms. The standard InChI is InChI=1S/C13H16ClN3OS/c1-8-4-5-9(7-10(8)14)16-13(18)17-6-2-3-11(17)12(15)19/h4-5,7,11H,2-3,6H2,1H3,(H2,15,19)(H,16,18). The fraction of sp³-hybridized carbons (Fsp3) is 0.385. The van der Waals surface area contributed by atoms with E-state index >= 15 is 0 Å². The third kappa shape index (κ3) is 3.16. The molecule has 0 spiro atoms. The molecule has 1 aromatic rings. The molecule has 1 fully saturated rings. The first-order chi connectivity index (χ1) is 8.99. The average Bonchev–Trinajstić information content (AvgIpc) is 2.83. The third-order valence-electron chi connectivity index (χ3n) is 3.27. The van der Waals surface area contributed by atoms with Crippen LogP contribution in [0, 0.1) is 6.92 Å². The largest absolute Gasteiger partial charge is 0.392 e. The topological polar surface area (TPSA) is 58.4 Å². The van der Waals surface area contributed by atoms with Gasteiger partial charge in [0.1, 0.15) is 0 Å². The fourth-order valence-electron chi connectivity index (χ4n) is 2.17. The number of nitrogens with one attached hydrogen (secondary N) is 1. The van der Waals surface area contributed by atoms with Crippen molar-refractivity contribution in [2.24, 2.45) is 5.73 Å². The first kappa shape index (κ1) is 14.1. The average molecular weight is 298 g/mol. The van der Waals surface area contributed by atoms with Gasteiger partial charge in [-0.05, 0) is 37.5 Å². The molecule has 19 heavy (non-hydrogen) atoms. The second-order valence-corrected chi connectivity index (χ2v) is 5.53. The fourth-order valence-corrected chi connectivity index (χ4v) is 2.60. The van der Waals surface area contributed by atoms with Gasteiger partial charge >= 0.3 is 6.03 Å². The molecule has 102 valence electrons. The van der Waals surface area contributed by atoms with Gasteiger partial charge in [0, 0.05) is 17.3 Å². The number of anilines is 1. The van der Waals surface area contributed by atoms with Crippen molar-refractivity contribution in [1.82, 2.24) is 4.90 Å². The zero-order valence-corrected chi connectivity index (χ0v) is 12.2. The van der Waals surface area contributed by atoms with E-state index in [0.717, 1.165) is 18.4 Å². The number of urea groups is 1. The molecule has 1 aromatic carbocycles. The van der Waals surface area contributed by atoms with Crippen molar-refractivity contribution in [3.63, 3.8) is 0 Å². The lowest BCUT2D eigenvalue weighted by atomic mass is 10.2. The SMILES string of the molecule is Cc1ccc(NC(=O)N2CCCC2C(N)=S)cc1Cl. The van der Waals surface area contributed by atoms with Gasteiger partial charge in [-0.15, -0.1) is 0 Å². The molecule has 1 atom stereocenters. The Morgan fingerprint density at radius 1 is 1.58 bits per heavy atom. The van der Waals surface area contributed by atoms with Crippen molar-refractivity contribution < 1.29 is 4.79 Å². The van der Waals surface area contributed by atoms with E-state index in [0.29, 0.717) is 22.2 Å². The second kappa shape index (κ2) is 5.75. The summed E-state index contributed by atoms with van der Waals surface area (Å²) in [7, 11) is 0. The van der Waals surface area contributed by atoms with Crippen molar-refractivity contribution in [2.75, 3.05) is 11.9 Å². The molecule has 0 bridgehead atoms. The molecule has 1 aliphatic rings. The van der Waals surface area contributed by atoms with Crippen LogP contribution in [0.2, 0.25) is 5.02 Å². The summed E-state index contributed by atoms with van der Waals surface area (Å²) in [4.78, 5) is 14.2. The van der Waals surface area contributed by atoms with Crippen molar-refractivity contribution >= 4 is 40.5 Å². The highest BCUT2D eigenvalue weighted by Crippen LogP contribution is 2.22. The zero-order valence-electron chi connectivity index (χ0n) is 10.6. The number of aryl methyl sites for hydroxylation is 1. The van der Waals surface area contributed by atoms with Gasteiger partial charge in [-0.1, -0.05) is 29.9 Å². The first-order valence-corrected chi connectivity index (χ1v) is 6.91. The number of hydrogen-bond acceptors (Lipinski definition) is 2. The van der Waals surface area contributed by atoms with E-state index in [1.165, 1.54) is 0 Å². The molecule has 3 N–H and O–H groups in total. The molecule has 4 nitrogen and oxygen atoms in total. The summed E-state index contributed by atoms with van der Waals surface area (Å²) in [6.45, 7) is 2.59. The number of rotatable bonds is 2. The maximum absolute atomic E-state index is 12.2. The van der Waals surface area contributed by atoms with Gasteiger partial charge in [0.2, 0.25) is 0 Å². The van der Waals surface area contributed by atoms with E-state index in [9.17, 15) is 4.79 Å². The lowest BCUT2D eigenvalue weighted by Gasteiger charge is -2.24. The zero-order chi connectivity index (χ0) is 14.0. The van der Waals surface area contributed by atoms with Gasteiger partial charge in [0.25, 0.3) is 0 Å². The van der Waals surface area contributed by atoms with Gasteiger partial charge in [-0.2, -0.15) is 0 Å². The molecule has 2 amide bonds. The molecule has 1 aliphatic heterocycles. The summed E-state index contributed by atoms with van der Waals surface area (Å²) >= 11 is 11.0. The van der Waals surface area contributed by atoms with Gasteiger partial charge in [-0.25, -0.2) is 4.79 Å². The number of nitrogens with zero attached hydrogens (tertiary/aromatic N) is 1. The van der Waals surface area contributed by atoms with E-state index in [1.54, 1.807) is 11.0 Å². The number of carbonyl (C=O) groups excluding carboxylic acids is 1. The maximum atomic E-state index is 12.2. The second-order valence-electron chi connectivity index (χ2n) is 4.65. The number of nitrogens with two attached hydrogens (primary N) is 1. The van der Waals surface area contributed by atoms with E-state index < -0.39 is 0 Å². The summed E-state index contributed by atoms with van der Waals surface area (Å²) in [5.41, 5.74) is 7.30. The Morgan fingerprint density at radius 2 is 2.32 bits per heavy atom. The molecule has 2 rings (SSSR count). The summed E-state index contributed by atoms with van der Waals surface area (Å²) in [5, 5.41) is 3.45. The van der Waals surface area contributed by atoms with Crippen LogP contribution in [0.3, 0.4) is 0 Å². The van der Waals surface area contributed by atoms with Crippen molar-refractivity contribution in [2.45, 2.75) is 25.8 Å². The normalized spacial score (nSPS) is 18.4. The van der Waals surface area contributed by atoms with Crippen LogP contribution in [0.1, 0.15) is 18.4 Å². The highest BCUT2D eigenvalue weighted by Gasteiger charge is 2.30. The summed E-state index contributed by atoms with van der Waals surface area (Å²) in [6.07, 6.45) is 1.75. The van der Waals surface area contributed by atoms with E-state index in [2.05, 4.69) is 5.32 Å². The van der Waals surface area contributed by atoms with Crippen LogP contribution in [-0.4, -0.2) is 28.5 Å². The Balaban J connectivity index is 2.08. The minimum absolute atomic E-state index is 0.143. The highest BCUT2D eigenvalue weighted by molar-refractivity contribution is 7.80. The van der Waals surface area contributed by atoms with Crippen molar-refractivity contribution in [3.05, 3.63) is 28.8 Å². The van der Waals surface area contributed by atoms with Crippen LogP contribution >= 0.6 is 23.8 Å². The monoisotopic (exact) mass is 297 g/mol. The molecule has 1 unspecified atom stereocenters. The van der Waals surface area contributed by atoms with Crippen LogP contribution in [0.5, 0.6) is 0 Å². The first-order valence-electron chi connectivity index (χ1n) is 6.12. The van der Waals surface area contributed by atoms with Crippen LogP contribution < -0.4 is 11.1 Å². The quantitative estimate of drug-likeness (QED) is 0.825. The molecule has 0 aliphatic carbocycles. The Hall–Kier alpha value is -1.33. The Labute approximate surface area is 122 Å². The predicted octanol–water partition coefficient (Wildman–Crippen LogP) is 2.93. The van der Waals surface area contributed by atoms with Crippen LogP contribution in [0.15, 0.2) is 18.2 Å². The predicted molar refractivity (Wildman–Crippen MR) is 81.7 cm³/mol. The lowest BCUT2D eigenvalue weighted by Crippen LogP contribution is -2.44. The number of hydrogen-bond donors (Lipinski definition) is 2. The number of benzene rings is 1. The molecule has 1 heterocycles. The van der Waals surface area contributed by atoms with Crippen molar-refractivity contribution in [3.8, 4) is 0 Å². The van der Waals surface area contributed by atoms with Crippen molar-refractivity contribution in [1.29, 1.82) is 0 Å². The van der Waals surface area contributed by atoms with Crippen LogP contribution in [0.25, 0.3) is 0 Å². The van der Waals surface area contributed by atoms with Gasteiger partial charge in [0.05, 0.1) is 11.0 Å². The molecule has 0 saturated carbocycles. The molecule has 0 aromatic heterocycles.